The minimum Gasteiger partial charge on any atom is -0.366 e. The fourth-order valence-corrected chi connectivity index (χ4v) is 1.30. The molecule has 5 nitrogen and oxygen atoms in total. The smallest absolute Gasteiger partial charge is 0.250 e. The van der Waals surface area contributed by atoms with E-state index in [0.717, 1.165) is 0 Å². The topological polar surface area (TPSA) is 83.0 Å². The molecule has 0 bridgehead atoms. The molecule has 1 aromatic heterocycles. The fourth-order valence-electron chi connectivity index (χ4n) is 1.30. The highest BCUT2D eigenvalue weighted by Crippen LogP contribution is 2.10. The van der Waals surface area contributed by atoms with E-state index in [9.17, 15) is 4.79 Å². The van der Waals surface area contributed by atoms with Gasteiger partial charge in [0.05, 0.1) is 17.6 Å². The number of pyridine rings is 1. The average Bonchev–Trinajstić information content (AvgIpc) is 2.28. The highest BCUT2D eigenvalue weighted by molar-refractivity contribution is 5.92. The lowest BCUT2D eigenvalue weighted by molar-refractivity contribution is 0.1000. The zero-order valence-electron chi connectivity index (χ0n) is 9.34. The van der Waals surface area contributed by atoms with Crippen LogP contribution in [0.1, 0.15) is 17.3 Å². The van der Waals surface area contributed by atoms with Crippen LogP contribution >= 0.6 is 0 Å². The molecule has 0 saturated heterocycles. The van der Waals surface area contributed by atoms with Crippen molar-refractivity contribution in [2.75, 3.05) is 18.5 Å². The van der Waals surface area contributed by atoms with Crippen LogP contribution in [0.3, 0.4) is 0 Å². The van der Waals surface area contributed by atoms with Crippen LogP contribution in [0.2, 0.25) is 0 Å². The summed E-state index contributed by atoms with van der Waals surface area (Å²) in [5.74, 6) is 0.154. The zero-order valence-corrected chi connectivity index (χ0v) is 9.34. The Morgan fingerprint density at radius 3 is 2.81 bits per heavy atom. The van der Waals surface area contributed by atoms with Gasteiger partial charge >= 0.3 is 0 Å². The van der Waals surface area contributed by atoms with Crippen molar-refractivity contribution in [2.45, 2.75) is 6.92 Å². The lowest BCUT2D eigenvalue weighted by atomic mass is 10.2. The summed E-state index contributed by atoms with van der Waals surface area (Å²) in [6.45, 7) is 2.44. The van der Waals surface area contributed by atoms with Gasteiger partial charge in [-0.1, -0.05) is 0 Å². The molecule has 84 valence electrons. The molecule has 0 spiro atoms. The summed E-state index contributed by atoms with van der Waals surface area (Å²) in [5, 5.41) is 8.69. The molecule has 0 fully saturated rings. The number of carbonyl (C=O) groups is 1. The van der Waals surface area contributed by atoms with E-state index in [2.05, 4.69) is 11.1 Å². The number of hydrogen-bond donors (Lipinski definition) is 1. The summed E-state index contributed by atoms with van der Waals surface area (Å²) in [7, 11) is 1.85. The minimum atomic E-state index is -0.493. The van der Waals surface area contributed by atoms with Crippen molar-refractivity contribution in [1.29, 1.82) is 5.26 Å². The second-order valence-electron chi connectivity index (χ2n) is 3.68. The maximum absolute atomic E-state index is 10.8. The molecule has 5 heteroatoms. The van der Waals surface area contributed by atoms with Gasteiger partial charge in [-0.15, -0.1) is 0 Å². The predicted molar refractivity (Wildman–Crippen MR) is 60.8 cm³/mol. The minimum absolute atomic E-state index is 0.0670. The molecular weight excluding hydrogens is 204 g/mol. The van der Waals surface area contributed by atoms with Gasteiger partial charge in [0.2, 0.25) is 5.91 Å². The number of anilines is 1. The van der Waals surface area contributed by atoms with Crippen molar-refractivity contribution in [2.24, 2.45) is 11.7 Å². The number of nitrogens with two attached hydrogens (primary N) is 1. The van der Waals surface area contributed by atoms with Crippen molar-refractivity contribution < 1.29 is 4.79 Å². The third-order valence-corrected chi connectivity index (χ3v) is 2.19. The predicted octanol–water partition coefficient (Wildman–Crippen LogP) is 0.776. The standard InChI is InChI=1S/C11H14N4O/c1-8(5-12)7-15(2)10-4-3-9(6-14-10)11(13)16/h3-4,6,8H,7H2,1-2H3,(H2,13,16). The van der Waals surface area contributed by atoms with Crippen molar-refractivity contribution in [3.05, 3.63) is 23.9 Å². The molecule has 1 atom stereocenters. The Morgan fingerprint density at radius 1 is 1.69 bits per heavy atom. The van der Waals surface area contributed by atoms with Gasteiger partial charge in [-0.3, -0.25) is 4.79 Å². The van der Waals surface area contributed by atoms with E-state index in [0.29, 0.717) is 17.9 Å². The molecule has 0 aliphatic rings. The molecule has 0 radical (unpaired) electrons. The first-order valence-corrected chi connectivity index (χ1v) is 4.91. The molecule has 1 heterocycles. The Bertz CT molecular complexity index is 407. The molecule has 0 aromatic carbocycles. The molecule has 0 saturated carbocycles. The van der Waals surface area contributed by atoms with Crippen molar-refractivity contribution >= 4 is 11.7 Å². The third-order valence-electron chi connectivity index (χ3n) is 2.19. The molecule has 2 N–H and O–H groups in total. The van der Waals surface area contributed by atoms with Crippen LogP contribution in [0.5, 0.6) is 0 Å². The van der Waals surface area contributed by atoms with Gasteiger partial charge < -0.3 is 10.6 Å². The van der Waals surface area contributed by atoms with E-state index in [1.807, 2.05) is 18.9 Å². The highest BCUT2D eigenvalue weighted by Gasteiger charge is 2.08. The largest absolute Gasteiger partial charge is 0.366 e. The first-order valence-electron chi connectivity index (χ1n) is 4.91. The molecule has 1 rings (SSSR count). The third kappa shape index (κ3) is 2.95. The van der Waals surface area contributed by atoms with E-state index in [-0.39, 0.29) is 5.92 Å². The first-order chi connectivity index (χ1) is 7.54. The summed E-state index contributed by atoms with van der Waals surface area (Å²) < 4.78 is 0. The van der Waals surface area contributed by atoms with Crippen molar-refractivity contribution in [1.82, 2.24) is 4.98 Å². The number of hydrogen-bond acceptors (Lipinski definition) is 4. The monoisotopic (exact) mass is 218 g/mol. The lowest BCUT2D eigenvalue weighted by Crippen LogP contribution is -2.24. The van der Waals surface area contributed by atoms with Crippen molar-refractivity contribution in [3.63, 3.8) is 0 Å². The van der Waals surface area contributed by atoms with Crippen LogP contribution in [0.15, 0.2) is 18.3 Å². The first kappa shape index (κ1) is 12.0. The van der Waals surface area contributed by atoms with Crippen LogP contribution in [-0.2, 0) is 0 Å². The average molecular weight is 218 g/mol. The number of nitrogens with zero attached hydrogens (tertiary/aromatic N) is 3. The van der Waals surface area contributed by atoms with E-state index in [1.165, 1.54) is 6.20 Å². The summed E-state index contributed by atoms with van der Waals surface area (Å²) in [5.41, 5.74) is 5.49. The molecule has 1 aromatic rings. The molecule has 0 aliphatic heterocycles. The number of carbonyl (C=O) groups excluding carboxylic acids is 1. The van der Waals surface area contributed by atoms with Gasteiger partial charge in [-0.2, -0.15) is 5.26 Å². The second kappa shape index (κ2) is 5.12. The number of nitriles is 1. The second-order valence-corrected chi connectivity index (χ2v) is 3.68. The van der Waals surface area contributed by atoms with Crippen LogP contribution in [-0.4, -0.2) is 24.5 Å². The Hall–Kier alpha value is -2.09. The fraction of sp³-hybridized carbons (Fsp3) is 0.364. The maximum Gasteiger partial charge on any atom is 0.250 e. The summed E-state index contributed by atoms with van der Waals surface area (Å²) in [4.78, 5) is 16.8. The van der Waals surface area contributed by atoms with Crippen LogP contribution in [0.4, 0.5) is 5.82 Å². The van der Waals surface area contributed by atoms with Crippen LogP contribution < -0.4 is 10.6 Å². The van der Waals surface area contributed by atoms with E-state index in [1.54, 1.807) is 12.1 Å². The van der Waals surface area contributed by atoms with Crippen LogP contribution in [0.25, 0.3) is 0 Å². The molecule has 1 unspecified atom stereocenters. The maximum atomic E-state index is 10.8. The Morgan fingerprint density at radius 2 is 2.38 bits per heavy atom. The highest BCUT2D eigenvalue weighted by atomic mass is 16.1. The van der Waals surface area contributed by atoms with Crippen molar-refractivity contribution in [3.8, 4) is 6.07 Å². The zero-order chi connectivity index (χ0) is 12.1. The van der Waals surface area contributed by atoms with Crippen LogP contribution in [0, 0.1) is 17.2 Å². The number of aromatic nitrogens is 1. The van der Waals surface area contributed by atoms with Gasteiger partial charge in [0.1, 0.15) is 5.82 Å². The quantitative estimate of drug-likeness (QED) is 0.809. The summed E-state index contributed by atoms with van der Waals surface area (Å²) in [6, 6.07) is 5.49. The van der Waals surface area contributed by atoms with Gasteiger partial charge in [0.25, 0.3) is 0 Å². The van der Waals surface area contributed by atoms with Gasteiger partial charge in [0.15, 0.2) is 0 Å². The van der Waals surface area contributed by atoms with Gasteiger partial charge in [-0.25, -0.2) is 4.98 Å². The molecular formula is C11H14N4O. The van der Waals surface area contributed by atoms with E-state index in [4.69, 9.17) is 11.0 Å². The summed E-state index contributed by atoms with van der Waals surface area (Å²) >= 11 is 0. The number of amides is 1. The van der Waals surface area contributed by atoms with E-state index >= 15 is 0 Å². The normalized spacial score (nSPS) is 11.6. The van der Waals surface area contributed by atoms with E-state index < -0.39 is 5.91 Å². The number of primary amides is 1. The number of rotatable bonds is 4. The molecule has 0 aliphatic carbocycles. The van der Waals surface area contributed by atoms with Gasteiger partial charge in [-0.05, 0) is 19.1 Å². The molecule has 16 heavy (non-hydrogen) atoms. The Kier molecular flexibility index (Phi) is 3.84. The Balaban J connectivity index is 2.74. The van der Waals surface area contributed by atoms with Gasteiger partial charge in [0, 0.05) is 19.8 Å². The lowest BCUT2D eigenvalue weighted by Gasteiger charge is -2.19. The molecule has 1 amide bonds. The Labute approximate surface area is 94.5 Å². The SMILES string of the molecule is CC(C#N)CN(C)c1ccc(C(N)=O)cn1. The summed E-state index contributed by atoms with van der Waals surface area (Å²) in [6.07, 6.45) is 1.44.